The van der Waals surface area contributed by atoms with Crippen LogP contribution in [0.1, 0.15) is 35.1 Å². The molecule has 2 N–H and O–H groups in total. The fourth-order valence-electron chi connectivity index (χ4n) is 2.37. The van der Waals surface area contributed by atoms with Crippen molar-refractivity contribution in [1.29, 1.82) is 0 Å². The molecule has 2 aromatic rings. The number of hydrogen-bond acceptors (Lipinski definition) is 4. The molecule has 0 aliphatic carbocycles. The van der Waals surface area contributed by atoms with Crippen molar-refractivity contribution in [2.45, 2.75) is 33.0 Å². The van der Waals surface area contributed by atoms with Crippen LogP contribution in [0.3, 0.4) is 0 Å². The van der Waals surface area contributed by atoms with Crippen LogP contribution in [0, 0.1) is 6.92 Å². The van der Waals surface area contributed by atoms with Gasteiger partial charge in [-0.3, -0.25) is 4.79 Å². The first-order valence-electron chi connectivity index (χ1n) is 7.42. The lowest BCUT2D eigenvalue weighted by atomic mass is 10.1. The number of aryl methyl sites for hydroxylation is 2. The molecule has 6 nitrogen and oxygen atoms in total. The van der Waals surface area contributed by atoms with Crippen LogP contribution < -0.4 is 5.32 Å². The maximum Gasteiger partial charge on any atom is 0.251 e. The average Bonchev–Trinajstić information content (AvgIpc) is 2.91. The number of carbonyl (C=O) groups excluding carboxylic acids is 1. The zero-order valence-electron chi connectivity index (χ0n) is 13.5. The van der Waals surface area contributed by atoms with E-state index >= 15 is 0 Å². The summed E-state index contributed by atoms with van der Waals surface area (Å²) < 4.78 is 10.1. The number of aromatic amines is 1. The standard InChI is InChI=1S/C16H23N3O3/c1-5-6-13-18-12-8-11(7-10(2)15(12)19-13)16(20)17-9-14(21-3)22-4/h7-8,14H,5-6,9H2,1-4H3,(H,17,20)(H,18,19). The summed E-state index contributed by atoms with van der Waals surface area (Å²) in [5.41, 5.74) is 3.40. The van der Waals surface area contributed by atoms with Crippen molar-refractivity contribution >= 4 is 16.9 Å². The third-order valence-corrected chi connectivity index (χ3v) is 3.53. The second kappa shape index (κ2) is 7.38. The van der Waals surface area contributed by atoms with Gasteiger partial charge in [0.1, 0.15) is 5.82 Å². The van der Waals surface area contributed by atoms with E-state index in [0.29, 0.717) is 12.1 Å². The molecule has 22 heavy (non-hydrogen) atoms. The summed E-state index contributed by atoms with van der Waals surface area (Å²) in [6.45, 7) is 4.37. The van der Waals surface area contributed by atoms with Gasteiger partial charge in [0.25, 0.3) is 5.91 Å². The molecule has 0 fully saturated rings. The number of rotatable bonds is 7. The maximum absolute atomic E-state index is 12.3. The molecule has 0 atom stereocenters. The summed E-state index contributed by atoms with van der Waals surface area (Å²) in [6.07, 6.45) is 1.48. The Kier molecular flexibility index (Phi) is 5.51. The molecule has 2 rings (SSSR count). The van der Waals surface area contributed by atoms with Gasteiger partial charge >= 0.3 is 0 Å². The monoisotopic (exact) mass is 305 g/mol. The number of fused-ring (bicyclic) bond motifs is 1. The van der Waals surface area contributed by atoms with E-state index < -0.39 is 6.29 Å². The molecule has 1 heterocycles. The Labute approximate surface area is 130 Å². The van der Waals surface area contributed by atoms with Gasteiger partial charge in [-0.1, -0.05) is 6.92 Å². The van der Waals surface area contributed by atoms with E-state index in [9.17, 15) is 4.79 Å². The fraction of sp³-hybridized carbons (Fsp3) is 0.500. The molecule has 0 bridgehead atoms. The Morgan fingerprint density at radius 2 is 2.09 bits per heavy atom. The molecule has 1 aromatic heterocycles. The SMILES string of the molecule is CCCc1nc2c(C)cc(C(=O)NCC(OC)OC)cc2[nH]1. The van der Waals surface area contributed by atoms with Gasteiger partial charge in [0.2, 0.25) is 0 Å². The molecule has 1 aromatic carbocycles. The molecule has 0 radical (unpaired) electrons. The predicted molar refractivity (Wildman–Crippen MR) is 85.0 cm³/mol. The lowest BCUT2D eigenvalue weighted by molar-refractivity contribution is -0.0974. The number of methoxy groups -OCH3 is 2. The fourth-order valence-corrected chi connectivity index (χ4v) is 2.37. The van der Waals surface area contributed by atoms with Gasteiger partial charge in [0.05, 0.1) is 17.6 Å². The van der Waals surface area contributed by atoms with Gasteiger partial charge in [-0.05, 0) is 31.0 Å². The van der Waals surface area contributed by atoms with Gasteiger partial charge in [-0.2, -0.15) is 0 Å². The van der Waals surface area contributed by atoms with Crippen molar-refractivity contribution in [3.63, 3.8) is 0 Å². The smallest absolute Gasteiger partial charge is 0.251 e. The topological polar surface area (TPSA) is 76.2 Å². The molecule has 0 unspecified atom stereocenters. The number of imidazole rings is 1. The first-order chi connectivity index (χ1) is 10.6. The number of ether oxygens (including phenoxy) is 2. The van der Waals surface area contributed by atoms with Crippen molar-refractivity contribution in [3.05, 3.63) is 29.1 Å². The number of aromatic nitrogens is 2. The summed E-state index contributed by atoms with van der Waals surface area (Å²) in [7, 11) is 3.08. The zero-order valence-corrected chi connectivity index (χ0v) is 13.5. The summed E-state index contributed by atoms with van der Waals surface area (Å²) in [5.74, 6) is 0.799. The molecule has 120 valence electrons. The number of carbonyl (C=O) groups is 1. The van der Waals surface area contributed by atoms with Gasteiger partial charge in [-0.15, -0.1) is 0 Å². The quantitative estimate of drug-likeness (QED) is 0.769. The number of benzene rings is 1. The first-order valence-corrected chi connectivity index (χ1v) is 7.42. The normalized spacial score (nSPS) is 11.3. The van der Waals surface area contributed by atoms with Crippen LogP contribution in [0.25, 0.3) is 11.0 Å². The summed E-state index contributed by atoms with van der Waals surface area (Å²) in [6, 6.07) is 3.68. The van der Waals surface area contributed by atoms with Gasteiger partial charge < -0.3 is 19.8 Å². The van der Waals surface area contributed by atoms with Crippen LogP contribution in [0.15, 0.2) is 12.1 Å². The molecule has 0 saturated carbocycles. The third-order valence-electron chi connectivity index (χ3n) is 3.53. The largest absolute Gasteiger partial charge is 0.354 e. The van der Waals surface area contributed by atoms with E-state index in [1.807, 2.05) is 19.1 Å². The Morgan fingerprint density at radius 1 is 1.36 bits per heavy atom. The summed E-state index contributed by atoms with van der Waals surface area (Å²) in [5, 5.41) is 2.80. The van der Waals surface area contributed by atoms with Crippen LogP contribution in [-0.4, -0.2) is 42.9 Å². The van der Waals surface area contributed by atoms with Crippen LogP contribution >= 0.6 is 0 Å². The number of H-pyrrole nitrogens is 1. The Bertz CT molecular complexity index is 647. The molecule has 0 aliphatic heterocycles. The van der Waals surface area contributed by atoms with Gasteiger partial charge in [0, 0.05) is 26.2 Å². The van der Waals surface area contributed by atoms with Crippen LogP contribution in [0.5, 0.6) is 0 Å². The number of amides is 1. The molecule has 6 heteroatoms. The average molecular weight is 305 g/mol. The van der Waals surface area contributed by atoms with E-state index in [1.54, 1.807) is 0 Å². The maximum atomic E-state index is 12.3. The lowest BCUT2D eigenvalue weighted by Gasteiger charge is -2.14. The second-order valence-corrected chi connectivity index (χ2v) is 5.23. The molecule has 0 aliphatic rings. The van der Waals surface area contributed by atoms with Crippen molar-refractivity contribution in [2.75, 3.05) is 20.8 Å². The van der Waals surface area contributed by atoms with E-state index in [0.717, 1.165) is 35.3 Å². The Morgan fingerprint density at radius 3 is 2.73 bits per heavy atom. The minimum atomic E-state index is -0.447. The highest BCUT2D eigenvalue weighted by Crippen LogP contribution is 2.19. The van der Waals surface area contributed by atoms with Crippen molar-refractivity contribution in [3.8, 4) is 0 Å². The van der Waals surface area contributed by atoms with E-state index in [2.05, 4.69) is 22.2 Å². The molecular weight excluding hydrogens is 282 g/mol. The van der Waals surface area contributed by atoms with Gasteiger partial charge in [0.15, 0.2) is 6.29 Å². The van der Waals surface area contributed by atoms with Crippen LogP contribution in [0.2, 0.25) is 0 Å². The van der Waals surface area contributed by atoms with E-state index in [-0.39, 0.29) is 5.91 Å². The molecule has 0 saturated heterocycles. The number of nitrogens with zero attached hydrogens (tertiary/aromatic N) is 1. The minimum absolute atomic E-state index is 0.157. The van der Waals surface area contributed by atoms with Gasteiger partial charge in [-0.25, -0.2) is 4.98 Å². The van der Waals surface area contributed by atoms with E-state index in [4.69, 9.17) is 9.47 Å². The first kappa shape index (κ1) is 16.5. The summed E-state index contributed by atoms with van der Waals surface area (Å²) in [4.78, 5) is 20.1. The Balaban J connectivity index is 2.18. The van der Waals surface area contributed by atoms with Crippen LogP contribution in [0.4, 0.5) is 0 Å². The molecular formula is C16H23N3O3. The van der Waals surface area contributed by atoms with Crippen molar-refractivity contribution in [1.82, 2.24) is 15.3 Å². The molecule has 0 spiro atoms. The highest BCUT2D eigenvalue weighted by atomic mass is 16.7. The highest BCUT2D eigenvalue weighted by molar-refractivity contribution is 5.98. The lowest BCUT2D eigenvalue weighted by Crippen LogP contribution is -2.34. The number of nitrogens with one attached hydrogen (secondary N) is 2. The Hall–Kier alpha value is -1.92. The summed E-state index contributed by atoms with van der Waals surface area (Å²) >= 11 is 0. The minimum Gasteiger partial charge on any atom is -0.354 e. The molecule has 1 amide bonds. The zero-order chi connectivity index (χ0) is 16.1. The second-order valence-electron chi connectivity index (χ2n) is 5.23. The highest BCUT2D eigenvalue weighted by Gasteiger charge is 2.13. The van der Waals surface area contributed by atoms with Crippen molar-refractivity contribution in [2.24, 2.45) is 0 Å². The van der Waals surface area contributed by atoms with Crippen molar-refractivity contribution < 1.29 is 14.3 Å². The van der Waals surface area contributed by atoms with E-state index in [1.165, 1.54) is 14.2 Å². The predicted octanol–water partition coefficient (Wildman–Crippen LogP) is 2.17. The third kappa shape index (κ3) is 3.64. The van der Waals surface area contributed by atoms with Crippen LogP contribution in [-0.2, 0) is 15.9 Å². The number of hydrogen-bond donors (Lipinski definition) is 2.